The van der Waals surface area contributed by atoms with Gasteiger partial charge in [-0.1, -0.05) is 64.3 Å². The normalized spacial score (nSPS) is 11.5. The van der Waals surface area contributed by atoms with Crippen LogP contribution in [0.15, 0.2) is 30.8 Å². The molecular formula is C24H28O4. The Morgan fingerprint density at radius 1 is 1.25 bits per heavy atom. The predicted molar refractivity (Wildman–Crippen MR) is 111 cm³/mol. The van der Waals surface area contributed by atoms with Gasteiger partial charge >= 0.3 is 5.97 Å². The van der Waals surface area contributed by atoms with Gasteiger partial charge in [-0.05, 0) is 36.6 Å². The maximum absolute atomic E-state index is 11.6. The van der Waals surface area contributed by atoms with Crippen molar-refractivity contribution in [3.05, 3.63) is 65.2 Å². The van der Waals surface area contributed by atoms with Gasteiger partial charge in [0.2, 0.25) is 0 Å². The predicted octanol–water partition coefficient (Wildman–Crippen LogP) is 5.99. The molecule has 4 heteroatoms. The second kappa shape index (κ2) is 10.4. The third-order valence-electron chi connectivity index (χ3n) is 4.81. The summed E-state index contributed by atoms with van der Waals surface area (Å²) in [6.45, 7) is 8.09. The van der Waals surface area contributed by atoms with Gasteiger partial charge in [-0.2, -0.15) is 0 Å². The van der Waals surface area contributed by atoms with Crippen molar-refractivity contribution in [3.63, 3.8) is 0 Å². The summed E-state index contributed by atoms with van der Waals surface area (Å²) < 4.78 is 5.79. The molecule has 2 rings (SSSR count). The molecular weight excluding hydrogens is 352 g/mol. The third-order valence-corrected chi connectivity index (χ3v) is 4.81. The molecule has 148 valence electrons. The van der Waals surface area contributed by atoms with Crippen molar-refractivity contribution in [1.82, 2.24) is 0 Å². The molecule has 0 saturated heterocycles. The van der Waals surface area contributed by atoms with Gasteiger partial charge < -0.3 is 14.9 Å². The lowest BCUT2D eigenvalue weighted by Gasteiger charge is -2.17. The minimum absolute atomic E-state index is 0.0466. The topological polar surface area (TPSA) is 66.8 Å². The Bertz CT molecular complexity index is 793. The van der Waals surface area contributed by atoms with E-state index in [9.17, 15) is 15.0 Å². The number of ether oxygens (including phenoxy) is 1. The Morgan fingerprint density at radius 2 is 2.04 bits per heavy atom. The van der Waals surface area contributed by atoms with Crippen LogP contribution in [0.4, 0.5) is 0 Å². The number of aromatic carboxylic acids is 1. The van der Waals surface area contributed by atoms with Crippen LogP contribution in [-0.2, 0) is 6.61 Å². The van der Waals surface area contributed by atoms with Crippen LogP contribution in [-0.4, -0.2) is 16.2 Å². The number of aromatic hydroxyl groups is 1. The van der Waals surface area contributed by atoms with Gasteiger partial charge in [0.1, 0.15) is 23.7 Å². The Hall–Kier alpha value is -2.93. The monoisotopic (exact) mass is 380 g/mol. The lowest BCUT2D eigenvalue weighted by Crippen LogP contribution is -2.04. The first kappa shape index (κ1) is 21.4. The molecule has 0 saturated carbocycles. The van der Waals surface area contributed by atoms with Crippen LogP contribution in [0.5, 0.6) is 11.5 Å². The highest BCUT2D eigenvalue weighted by molar-refractivity contribution is 5.92. The van der Waals surface area contributed by atoms with Crippen LogP contribution in [0, 0.1) is 12.1 Å². The van der Waals surface area contributed by atoms with Gasteiger partial charge in [0, 0.05) is 16.7 Å². The molecule has 0 radical (unpaired) electrons. The summed E-state index contributed by atoms with van der Waals surface area (Å²) in [5.74, 6) is -0.868. The number of carboxylic acids is 1. The van der Waals surface area contributed by atoms with E-state index < -0.39 is 5.97 Å². The van der Waals surface area contributed by atoms with Crippen LogP contribution in [0.2, 0.25) is 0 Å². The number of hydrogen-bond acceptors (Lipinski definition) is 3. The molecule has 0 spiro atoms. The van der Waals surface area contributed by atoms with Crippen molar-refractivity contribution in [2.45, 2.75) is 58.5 Å². The highest BCUT2D eigenvalue weighted by atomic mass is 16.5. The zero-order valence-electron chi connectivity index (χ0n) is 16.6. The van der Waals surface area contributed by atoms with Gasteiger partial charge in [0.25, 0.3) is 0 Å². The molecule has 0 aliphatic rings. The molecule has 1 atom stereocenters. The quantitative estimate of drug-likeness (QED) is 0.470. The summed E-state index contributed by atoms with van der Waals surface area (Å²) in [7, 11) is 0. The molecule has 2 N–H and O–H groups in total. The Morgan fingerprint density at radius 3 is 2.64 bits per heavy atom. The van der Waals surface area contributed by atoms with E-state index in [1.807, 2.05) is 19.1 Å². The largest absolute Gasteiger partial charge is 0.507 e. The number of hydrogen-bond donors (Lipinski definition) is 2. The maximum Gasteiger partial charge on any atom is 0.339 e. The summed E-state index contributed by atoms with van der Waals surface area (Å²) in [5.41, 5.74) is 2.12. The van der Waals surface area contributed by atoms with E-state index in [0.29, 0.717) is 11.3 Å². The van der Waals surface area contributed by atoms with E-state index >= 15 is 0 Å². The molecule has 2 aromatic rings. The zero-order chi connectivity index (χ0) is 20.5. The number of carboxylic acid groups (broad SMARTS) is 1. The number of unbranched alkanes of at least 4 members (excludes halogenated alkanes) is 3. The van der Waals surface area contributed by atoms with Gasteiger partial charge in [-0.15, -0.1) is 0 Å². The standard InChI is InChI=1S/C24H28O4/c1-4-6-7-8-9-17(3)21-14-20(15-22(23(21)25)24(26)27)28-16-19-12-10-18(5-2)11-13-19/h5,10,12,14-15,17,25H,2,4,6-9,16H2,1,3H3,(H,26,27). The Kier molecular flexibility index (Phi) is 7.95. The van der Waals surface area contributed by atoms with Crippen LogP contribution < -0.4 is 4.74 Å². The molecule has 0 fully saturated rings. The van der Waals surface area contributed by atoms with Crippen LogP contribution in [0.3, 0.4) is 0 Å². The molecule has 0 bridgehead atoms. The fourth-order valence-corrected chi connectivity index (χ4v) is 3.07. The van der Waals surface area contributed by atoms with E-state index in [1.165, 1.54) is 12.5 Å². The van der Waals surface area contributed by atoms with Crippen molar-refractivity contribution in [3.8, 4) is 11.5 Å². The van der Waals surface area contributed by atoms with Crippen LogP contribution in [0.1, 0.15) is 78.9 Å². The van der Waals surface area contributed by atoms with Gasteiger partial charge in [-0.3, -0.25) is 0 Å². The van der Waals surface area contributed by atoms with E-state index in [4.69, 9.17) is 4.74 Å². The Balaban J connectivity index is 2.17. The molecule has 0 aliphatic heterocycles. The SMILES string of the molecule is C=Cc1c#cc(COc2cc(C(=O)O)c(O)c(C(C)CCCCCC)c2)cc1. The van der Waals surface area contributed by atoms with Crippen molar-refractivity contribution in [2.75, 3.05) is 0 Å². The number of rotatable bonds is 11. The molecule has 0 heterocycles. The van der Waals surface area contributed by atoms with Crippen LogP contribution >= 0.6 is 0 Å². The van der Waals surface area contributed by atoms with Crippen LogP contribution in [0.25, 0.3) is 6.08 Å². The fraction of sp³-hybridized carbons (Fsp3) is 0.375. The van der Waals surface area contributed by atoms with E-state index in [2.05, 4.69) is 25.6 Å². The molecule has 1 unspecified atom stereocenters. The first-order chi connectivity index (χ1) is 13.5. The lowest BCUT2D eigenvalue weighted by atomic mass is 9.92. The van der Waals surface area contributed by atoms with E-state index in [-0.39, 0.29) is 23.8 Å². The molecule has 2 aromatic carbocycles. The number of carbonyl (C=O) groups is 1. The average molecular weight is 380 g/mol. The molecule has 0 aliphatic carbocycles. The highest BCUT2D eigenvalue weighted by Gasteiger charge is 2.20. The second-order valence-electron chi connectivity index (χ2n) is 7.02. The van der Waals surface area contributed by atoms with Crippen molar-refractivity contribution >= 4 is 12.0 Å². The summed E-state index contributed by atoms with van der Waals surface area (Å²) >= 11 is 0. The van der Waals surface area contributed by atoms with E-state index in [1.54, 1.807) is 12.1 Å². The first-order valence-electron chi connectivity index (χ1n) is 9.74. The number of phenols is 1. The van der Waals surface area contributed by atoms with E-state index in [0.717, 1.165) is 36.8 Å². The van der Waals surface area contributed by atoms with Crippen molar-refractivity contribution < 1.29 is 19.7 Å². The highest BCUT2D eigenvalue weighted by Crippen LogP contribution is 2.36. The minimum Gasteiger partial charge on any atom is -0.507 e. The average Bonchev–Trinajstić information content (AvgIpc) is 2.70. The summed E-state index contributed by atoms with van der Waals surface area (Å²) in [6, 6.07) is 12.8. The lowest BCUT2D eigenvalue weighted by molar-refractivity contribution is 0.0693. The van der Waals surface area contributed by atoms with Gasteiger partial charge in [0.05, 0.1) is 0 Å². The molecule has 28 heavy (non-hydrogen) atoms. The third kappa shape index (κ3) is 5.79. The fourth-order valence-electron chi connectivity index (χ4n) is 3.07. The molecule has 4 nitrogen and oxygen atoms in total. The summed E-state index contributed by atoms with van der Waals surface area (Å²) in [5, 5.41) is 19.9. The maximum atomic E-state index is 11.6. The molecule has 0 aromatic heterocycles. The second-order valence-corrected chi connectivity index (χ2v) is 7.02. The Labute approximate surface area is 167 Å². The summed E-state index contributed by atoms with van der Waals surface area (Å²) in [4.78, 5) is 11.6. The van der Waals surface area contributed by atoms with Gasteiger partial charge in [-0.25, -0.2) is 4.79 Å². The molecule has 0 amide bonds. The zero-order valence-corrected chi connectivity index (χ0v) is 16.6. The smallest absolute Gasteiger partial charge is 0.339 e. The number of benzene rings is 1. The van der Waals surface area contributed by atoms with Gasteiger partial charge in [0.15, 0.2) is 0 Å². The first-order valence-corrected chi connectivity index (χ1v) is 9.74. The van der Waals surface area contributed by atoms with Crippen molar-refractivity contribution in [2.24, 2.45) is 0 Å². The van der Waals surface area contributed by atoms with Crippen molar-refractivity contribution in [1.29, 1.82) is 0 Å². The minimum atomic E-state index is -1.17. The summed E-state index contributed by atoms with van der Waals surface area (Å²) in [6.07, 6.45) is 7.10.